The van der Waals surface area contributed by atoms with Crippen LogP contribution in [-0.2, 0) is 5.41 Å². The summed E-state index contributed by atoms with van der Waals surface area (Å²) in [5.41, 5.74) is 12.1. The molecule has 7 aromatic carbocycles. The van der Waals surface area contributed by atoms with Gasteiger partial charge in [0.15, 0.2) is 0 Å². The summed E-state index contributed by atoms with van der Waals surface area (Å²) in [7, 11) is 0. The fraction of sp³-hybridized carbons (Fsp3) is 0.0444. The highest BCUT2D eigenvalue weighted by Gasteiger charge is 2.51. The number of fused-ring (bicyclic) bond motifs is 10. The highest BCUT2D eigenvalue weighted by molar-refractivity contribution is 6.13. The molecule has 2 aliphatic heterocycles. The van der Waals surface area contributed by atoms with Crippen molar-refractivity contribution in [3.05, 3.63) is 209 Å². The Labute approximate surface area is 279 Å². The second kappa shape index (κ2) is 10.4. The second-order valence-corrected chi connectivity index (χ2v) is 12.7. The SMILES string of the molecule is C1=C(c2ccc3ccccc3c2)NC(c2ccccc2)N=C1c1ccc2c(c1)C1(c3ccccc3O2)c2ccccc2-c2ccccc21. The predicted molar refractivity (Wildman–Crippen MR) is 195 cm³/mol. The van der Waals surface area contributed by atoms with Crippen LogP contribution >= 0.6 is 0 Å². The molecule has 1 atom stereocenters. The highest BCUT2D eigenvalue weighted by Crippen LogP contribution is 2.62. The van der Waals surface area contributed by atoms with Crippen LogP contribution in [0.25, 0.3) is 27.6 Å². The molecule has 0 saturated carbocycles. The topological polar surface area (TPSA) is 33.6 Å². The van der Waals surface area contributed by atoms with Crippen LogP contribution in [-0.4, -0.2) is 5.71 Å². The lowest BCUT2D eigenvalue weighted by atomic mass is 9.66. The van der Waals surface area contributed by atoms with Crippen molar-refractivity contribution >= 4 is 22.2 Å². The van der Waals surface area contributed by atoms with Crippen LogP contribution < -0.4 is 10.1 Å². The minimum Gasteiger partial charge on any atom is -0.457 e. The Kier molecular flexibility index (Phi) is 5.85. The zero-order chi connectivity index (χ0) is 31.7. The number of benzene rings is 7. The van der Waals surface area contributed by atoms with E-state index in [1.54, 1.807) is 0 Å². The first-order chi connectivity index (χ1) is 23.8. The van der Waals surface area contributed by atoms with Crippen molar-refractivity contribution in [2.45, 2.75) is 11.6 Å². The molecule has 7 aromatic rings. The molecule has 3 nitrogen and oxygen atoms in total. The Balaban J connectivity index is 1.20. The van der Waals surface area contributed by atoms with Gasteiger partial charge >= 0.3 is 0 Å². The molecule has 1 unspecified atom stereocenters. The van der Waals surface area contributed by atoms with Crippen molar-refractivity contribution in [3.63, 3.8) is 0 Å². The molecule has 226 valence electrons. The van der Waals surface area contributed by atoms with Gasteiger partial charge < -0.3 is 10.1 Å². The quantitative estimate of drug-likeness (QED) is 0.215. The first-order valence-electron chi connectivity index (χ1n) is 16.5. The van der Waals surface area contributed by atoms with Gasteiger partial charge in [-0.15, -0.1) is 0 Å². The summed E-state index contributed by atoms with van der Waals surface area (Å²) < 4.78 is 6.69. The van der Waals surface area contributed by atoms with E-state index in [0.29, 0.717) is 0 Å². The zero-order valence-electron chi connectivity index (χ0n) is 26.1. The minimum atomic E-state index is -0.523. The average molecular weight is 615 g/mol. The maximum atomic E-state index is 6.69. The van der Waals surface area contributed by atoms with E-state index in [4.69, 9.17) is 9.73 Å². The highest BCUT2D eigenvalue weighted by atomic mass is 16.5. The van der Waals surface area contributed by atoms with E-state index in [2.05, 4.69) is 175 Å². The first-order valence-corrected chi connectivity index (χ1v) is 16.5. The summed E-state index contributed by atoms with van der Waals surface area (Å²) in [6.07, 6.45) is 1.97. The summed E-state index contributed by atoms with van der Waals surface area (Å²) in [5, 5.41) is 6.19. The summed E-state index contributed by atoms with van der Waals surface area (Å²) >= 11 is 0. The third kappa shape index (κ3) is 3.91. The minimum absolute atomic E-state index is 0.234. The van der Waals surface area contributed by atoms with Gasteiger partial charge in [0, 0.05) is 22.4 Å². The van der Waals surface area contributed by atoms with Gasteiger partial charge in [-0.2, -0.15) is 0 Å². The van der Waals surface area contributed by atoms with Crippen molar-refractivity contribution in [2.24, 2.45) is 4.99 Å². The molecule has 1 spiro atoms. The lowest BCUT2D eigenvalue weighted by Crippen LogP contribution is -2.32. The molecule has 0 amide bonds. The Bertz CT molecular complexity index is 2430. The number of para-hydroxylation sites is 1. The number of allylic oxidation sites excluding steroid dienone is 1. The van der Waals surface area contributed by atoms with Crippen LogP contribution in [0, 0.1) is 0 Å². The monoisotopic (exact) mass is 614 g/mol. The third-order valence-corrected chi connectivity index (χ3v) is 10.2. The number of rotatable bonds is 3. The molecule has 0 saturated heterocycles. The summed E-state index contributed by atoms with van der Waals surface area (Å²) in [6, 6.07) is 58.5. The fourth-order valence-electron chi connectivity index (χ4n) is 8.02. The Morgan fingerprint density at radius 1 is 0.500 bits per heavy atom. The van der Waals surface area contributed by atoms with Crippen molar-refractivity contribution in [3.8, 4) is 22.6 Å². The molecule has 48 heavy (non-hydrogen) atoms. The fourth-order valence-corrected chi connectivity index (χ4v) is 8.02. The molecule has 0 bridgehead atoms. The smallest absolute Gasteiger partial charge is 0.145 e. The molecule has 10 rings (SSSR count). The largest absolute Gasteiger partial charge is 0.457 e. The Hall–Kier alpha value is -6.19. The standard InChI is InChI=1S/C45H30N2O/c1-2-13-30(14-3-1)44-46-40(32-23-22-29-12-4-5-15-31(29)26-32)28-41(47-44)33-24-25-43-39(27-33)45(38-20-10-11-21-42(38)48-43)36-18-8-6-16-34(36)35-17-7-9-19-37(35)45/h1-28,44,46H. The molecule has 3 aliphatic rings. The van der Waals surface area contributed by atoms with Crippen molar-refractivity contribution < 1.29 is 4.74 Å². The van der Waals surface area contributed by atoms with Crippen molar-refractivity contribution in [1.29, 1.82) is 0 Å². The van der Waals surface area contributed by atoms with Crippen LogP contribution in [0.1, 0.15) is 45.1 Å². The zero-order valence-corrected chi connectivity index (χ0v) is 26.1. The van der Waals surface area contributed by atoms with Gasteiger partial charge in [0.25, 0.3) is 0 Å². The predicted octanol–water partition coefficient (Wildman–Crippen LogP) is 10.4. The third-order valence-electron chi connectivity index (χ3n) is 10.2. The van der Waals surface area contributed by atoms with Crippen molar-refractivity contribution in [1.82, 2.24) is 5.32 Å². The van der Waals surface area contributed by atoms with E-state index in [1.807, 2.05) is 0 Å². The maximum Gasteiger partial charge on any atom is 0.145 e. The van der Waals surface area contributed by atoms with Gasteiger partial charge in [0.1, 0.15) is 17.7 Å². The number of hydrogen-bond acceptors (Lipinski definition) is 3. The molecular weight excluding hydrogens is 585 g/mol. The summed E-state index contributed by atoms with van der Waals surface area (Å²) in [5.74, 6) is 1.77. The van der Waals surface area contributed by atoms with Gasteiger partial charge in [0.05, 0.1) is 11.1 Å². The average Bonchev–Trinajstić information content (AvgIpc) is 3.45. The van der Waals surface area contributed by atoms with E-state index >= 15 is 0 Å². The second-order valence-electron chi connectivity index (χ2n) is 12.7. The number of aliphatic imine (C=N–C) groups is 1. The van der Waals surface area contributed by atoms with Crippen molar-refractivity contribution in [2.75, 3.05) is 0 Å². The molecule has 0 radical (unpaired) electrons. The molecular formula is C45H30N2O. The molecule has 0 aromatic heterocycles. The van der Waals surface area contributed by atoms with Gasteiger partial charge in [-0.1, -0.05) is 133 Å². The number of ether oxygens (including phenoxy) is 1. The van der Waals surface area contributed by atoms with E-state index < -0.39 is 5.41 Å². The van der Waals surface area contributed by atoms with Crippen LogP contribution in [0.15, 0.2) is 175 Å². The molecule has 1 N–H and O–H groups in total. The normalized spacial score (nSPS) is 16.5. The maximum absolute atomic E-state index is 6.69. The summed E-state index contributed by atoms with van der Waals surface area (Å²) in [4.78, 5) is 5.35. The molecule has 0 fully saturated rings. The first kappa shape index (κ1) is 27.0. The van der Waals surface area contributed by atoms with E-state index in [0.717, 1.165) is 50.7 Å². The van der Waals surface area contributed by atoms with E-state index in [1.165, 1.54) is 33.0 Å². The van der Waals surface area contributed by atoms with Gasteiger partial charge in [0.2, 0.25) is 0 Å². The van der Waals surface area contributed by atoms with Crippen LogP contribution in [0.2, 0.25) is 0 Å². The van der Waals surface area contributed by atoms with Crippen LogP contribution in [0.3, 0.4) is 0 Å². The Morgan fingerprint density at radius 2 is 1.12 bits per heavy atom. The molecule has 3 heteroatoms. The van der Waals surface area contributed by atoms with Crippen LogP contribution in [0.4, 0.5) is 0 Å². The number of hydrogen-bond donors (Lipinski definition) is 1. The summed E-state index contributed by atoms with van der Waals surface area (Å²) in [6.45, 7) is 0. The number of nitrogens with zero attached hydrogens (tertiary/aromatic N) is 1. The molecule has 1 aliphatic carbocycles. The van der Waals surface area contributed by atoms with Crippen LogP contribution in [0.5, 0.6) is 11.5 Å². The van der Waals surface area contributed by atoms with Gasteiger partial charge in [-0.3, -0.25) is 4.99 Å². The van der Waals surface area contributed by atoms with E-state index in [-0.39, 0.29) is 6.17 Å². The van der Waals surface area contributed by atoms with E-state index in [9.17, 15) is 0 Å². The number of nitrogens with one attached hydrogen (secondary N) is 1. The lowest BCUT2D eigenvalue weighted by Gasteiger charge is -2.39. The van der Waals surface area contributed by atoms with Gasteiger partial charge in [-0.25, -0.2) is 0 Å². The molecule has 2 heterocycles. The van der Waals surface area contributed by atoms with Gasteiger partial charge in [-0.05, 0) is 80.6 Å². The lowest BCUT2D eigenvalue weighted by molar-refractivity contribution is 0.436. The Morgan fingerprint density at radius 3 is 1.92 bits per heavy atom.